The molecule has 0 atom stereocenters. The zero-order valence-corrected chi connectivity index (χ0v) is 14.5. The Balaban J connectivity index is 1.56. The Hall–Kier alpha value is -2.28. The Kier molecular flexibility index (Phi) is 4.89. The van der Waals surface area contributed by atoms with Crippen molar-refractivity contribution in [2.24, 2.45) is 0 Å². The second-order valence-corrected chi connectivity index (χ2v) is 6.63. The minimum Gasteiger partial charge on any atom is -0.507 e. The molecule has 2 heterocycles. The summed E-state index contributed by atoms with van der Waals surface area (Å²) in [6, 6.07) is 6.36. The second-order valence-electron chi connectivity index (χ2n) is 5.71. The number of nitrogens with one attached hydrogen (secondary N) is 1. The van der Waals surface area contributed by atoms with Gasteiger partial charge < -0.3 is 19.7 Å². The van der Waals surface area contributed by atoms with Gasteiger partial charge in [0.05, 0.1) is 17.4 Å². The van der Waals surface area contributed by atoms with Gasteiger partial charge in [0.15, 0.2) is 0 Å². The van der Waals surface area contributed by atoms with Crippen molar-refractivity contribution in [2.75, 3.05) is 13.1 Å². The smallest absolute Gasteiger partial charge is 0.257 e. The van der Waals surface area contributed by atoms with Crippen LogP contribution in [0.4, 0.5) is 0 Å². The van der Waals surface area contributed by atoms with Crippen LogP contribution in [0, 0.1) is 0 Å². The lowest BCUT2D eigenvalue weighted by atomic mass is 10.0. The summed E-state index contributed by atoms with van der Waals surface area (Å²) in [5.74, 6) is -0.421. The van der Waals surface area contributed by atoms with Crippen LogP contribution in [0.25, 0.3) is 0 Å². The predicted octanol–water partition coefficient (Wildman–Crippen LogP) is 2.78. The molecule has 2 N–H and O–H groups in total. The number of amides is 2. The zero-order valence-electron chi connectivity index (χ0n) is 12.9. The summed E-state index contributed by atoms with van der Waals surface area (Å²) in [6.07, 6.45) is 4.26. The molecular formula is C17H17BrN2O4. The number of aromatic hydroxyl groups is 1. The lowest BCUT2D eigenvalue weighted by Crippen LogP contribution is -2.46. The monoisotopic (exact) mass is 392 g/mol. The summed E-state index contributed by atoms with van der Waals surface area (Å²) in [6.45, 7) is 1.14. The number of hydrogen-bond donors (Lipinski definition) is 2. The largest absolute Gasteiger partial charge is 0.507 e. The number of piperidine rings is 1. The molecule has 1 aromatic carbocycles. The maximum absolute atomic E-state index is 12.3. The molecule has 1 aliphatic rings. The normalized spacial score (nSPS) is 15.3. The van der Waals surface area contributed by atoms with Gasteiger partial charge in [-0.1, -0.05) is 15.9 Å². The molecule has 6 nitrogen and oxygen atoms in total. The van der Waals surface area contributed by atoms with E-state index >= 15 is 0 Å². The third-order valence-electron chi connectivity index (χ3n) is 4.09. The Morgan fingerprint density at radius 1 is 1.25 bits per heavy atom. The van der Waals surface area contributed by atoms with Crippen molar-refractivity contribution in [1.29, 1.82) is 0 Å². The van der Waals surface area contributed by atoms with E-state index in [0.29, 0.717) is 31.5 Å². The van der Waals surface area contributed by atoms with Crippen molar-refractivity contribution >= 4 is 27.7 Å². The number of furan rings is 1. The molecule has 0 radical (unpaired) electrons. The molecule has 7 heteroatoms. The lowest BCUT2D eigenvalue weighted by Gasteiger charge is -2.32. The second kappa shape index (κ2) is 7.09. The van der Waals surface area contributed by atoms with Crippen LogP contribution < -0.4 is 5.32 Å². The Labute approximate surface area is 147 Å². The van der Waals surface area contributed by atoms with E-state index in [1.54, 1.807) is 23.1 Å². The first kappa shape index (κ1) is 16.6. The molecule has 1 aliphatic heterocycles. The minimum absolute atomic E-state index is 0.0238. The van der Waals surface area contributed by atoms with Gasteiger partial charge in [-0.05, 0) is 37.1 Å². The van der Waals surface area contributed by atoms with Crippen molar-refractivity contribution in [3.63, 3.8) is 0 Å². The third kappa shape index (κ3) is 3.62. The number of carbonyl (C=O) groups excluding carboxylic acids is 2. The molecule has 1 aromatic heterocycles. The zero-order chi connectivity index (χ0) is 17.1. The van der Waals surface area contributed by atoms with Gasteiger partial charge >= 0.3 is 0 Å². The van der Waals surface area contributed by atoms with Gasteiger partial charge in [0, 0.05) is 23.6 Å². The molecule has 0 bridgehead atoms. The number of halogens is 1. The van der Waals surface area contributed by atoms with E-state index in [9.17, 15) is 14.7 Å². The van der Waals surface area contributed by atoms with Gasteiger partial charge in [-0.3, -0.25) is 9.59 Å². The molecule has 126 valence electrons. The fourth-order valence-electron chi connectivity index (χ4n) is 2.75. The van der Waals surface area contributed by atoms with Crippen molar-refractivity contribution < 1.29 is 19.1 Å². The Morgan fingerprint density at radius 2 is 2.00 bits per heavy atom. The first-order chi connectivity index (χ1) is 11.5. The molecule has 24 heavy (non-hydrogen) atoms. The van der Waals surface area contributed by atoms with Crippen LogP contribution in [0.2, 0.25) is 0 Å². The fraction of sp³-hybridized carbons (Fsp3) is 0.294. The number of hydrogen-bond acceptors (Lipinski definition) is 4. The molecule has 3 rings (SSSR count). The van der Waals surface area contributed by atoms with Crippen LogP contribution in [-0.2, 0) is 0 Å². The summed E-state index contributed by atoms with van der Waals surface area (Å²) in [5.41, 5.74) is 0.776. The van der Waals surface area contributed by atoms with E-state index in [1.165, 1.54) is 18.6 Å². The number of phenols is 1. The molecule has 0 spiro atoms. The van der Waals surface area contributed by atoms with E-state index in [2.05, 4.69) is 21.2 Å². The molecule has 0 unspecified atom stereocenters. The van der Waals surface area contributed by atoms with Gasteiger partial charge in [-0.25, -0.2) is 0 Å². The lowest BCUT2D eigenvalue weighted by molar-refractivity contribution is 0.0697. The van der Waals surface area contributed by atoms with Gasteiger partial charge in [0.25, 0.3) is 11.8 Å². The SMILES string of the molecule is O=C(NC1CCN(C(=O)c2ccoc2)CC1)c1cc(Br)ccc1O. The number of phenolic OH excluding ortho intramolecular Hbond substituents is 1. The van der Waals surface area contributed by atoms with Gasteiger partial charge in [-0.2, -0.15) is 0 Å². The number of rotatable bonds is 3. The Bertz CT molecular complexity index is 737. The van der Waals surface area contributed by atoms with E-state index < -0.39 is 0 Å². The predicted molar refractivity (Wildman–Crippen MR) is 90.9 cm³/mol. The summed E-state index contributed by atoms with van der Waals surface area (Å²) in [7, 11) is 0. The summed E-state index contributed by atoms with van der Waals surface area (Å²) >= 11 is 3.29. The van der Waals surface area contributed by atoms with E-state index in [4.69, 9.17) is 4.42 Å². The quantitative estimate of drug-likeness (QED) is 0.840. The first-order valence-electron chi connectivity index (χ1n) is 7.65. The molecule has 1 saturated heterocycles. The highest BCUT2D eigenvalue weighted by atomic mass is 79.9. The standard InChI is InChI=1S/C17H17BrN2O4/c18-12-1-2-15(21)14(9-12)16(22)19-13-3-6-20(7-4-13)17(23)11-5-8-24-10-11/h1-2,5,8-10,13,21H,3-4,6-7H2,(H,19,22). The van der Waals surface area contributed by atoms with E-state index in [0.717, 1.165) is 4.47 Å². The van der Waals surface area contributed by atoms with Crippen LogP contribution >= 0.6 is 15.9 Å². The summed E-state index contributed by atoms with van der Waals surface area (Å²) in [4.78, 5) is 26.3. The third-order valence-corrected chi connectivity index (χ3v) is 4.58. The van der Waals surface area contributed by atoms with Crippen molar-refractivity contribution in [3.8, 4) is 5.75 Å². The maximum Gasteiger partial charge on any atom is 0.257 e. The average molecular weight is 393 g/mol. The number of benzene rings is 1. The molecule has 0 saturated carbocycles. The van der Waals surface area contributed by atoms with Crippen molar-refractivity contribution in [1.82, 2.24) is 10.2 Å². The molecule has 1 fully saturated rings. The van der Waals surface area contributed by atoms with Crippen LogP contribution in [0.5, 0.6) is 5.75 Å². The minimum atomic E-state index is -0.312. The van der Waals surface area contributed by atoms with Crippen LogP contribution in [0.1, 0.15) is 33.6 Å². The van der Waals surface area contributed by atoms with E-state index in [-0.39, 0.29) is 29.2 Å². The van der Waals surface area contributed by atoms with Gasteiger partial charge in [0.1, 0.15) is 12.0 Å². The topological polar surface area (TPSA) is 82.8 Å². The first-order valence-corrected chi connectivity index (χ1v) is 8.45. The van der Waals surface area contributed by atoms with Crippen molar-refractivity contribution in [2.45, 2.75) is 18.9 Å². The van der Waals surface area contributed by atoms with Crippen LogP contribution in [0.3, 0.4) is 0 Å². The average Bonchev–Trinajstić information content (AvgIpc) is 3.11. The van der Waals surface area contributed by atoms with Crippen molar-refractivity contribution in [3.05, 3.63) is 52.4 Å². The molecule has 0 aliphatic carbocycles. The maximum atomic E-state index is 12.3. The molecule has 2 aromatic rings. The number of likely N-dealkylation sites (tertiary alicyclic amines) is 1. The van der Waals surface area contributed by atoms with E-state index in [1.807, 2.05) is 0 Å². The van der Waals surface area contributed by atoms with Gasteiger partial charge in [0.2, 0.25) is 0 Å². The highest BCUT2D eigenvalue weighted by Gasteiger charge is 2.25. The fourth-order valence-corrected chi connectivity index (χ4v) is 3.11. The number of carbonyl (C=O) groups is 2. The Morgan fingerprint density at radius 3 is 2.67 bits per heavy atom. The molecule has 2 amide bonds. The highest BCUT2D eigenvalue weighted by molar-refractivity contribution is 9.10. The van der Waals surface area contributed by atoms with Crippen LogP contribution in [-0.4, -0.2) is 41.0 Å². The summed E-state index contributed by atoms with van der Waals surface area (Å²) in [5, 5.41) is 12.7. The highest BCUT2D eigenvalue weighted by Crippen LogP contribution is 2.22. The van der Waals surface area contributed by atoms with Crippen LogP contribution in [0.15, 0.2) is 45.7 Å². The molecular weight excluding hydrogens is 376 g/mol. The van der Waals surface area contributed by atoms with Gasteiger partial charge in [-0.15, -0.1) is 0 Å². The number of nitrogens with zero attached hydrogens (tertiary/aromatic N) is 1. The summed E-state index contributed by atoms with van der Waals surface area (Å²) < 4.78 is 5.67.